The summed E-state index contributed by atoms with van der Waals surface area (Å²) in [6, 6.07) is 13.8. The van der Waals surface area contributed by atoms with E-state index in [0.29, 0.717) is 24.6 Å². The van der Waals surface area contributed by atoms with Crippen LogP contribution in [0.5, 0.6) is 11.5 Å². The summed E-state index contributed by atoms with van der Waals surface area (Å²) in [7, 11) is 0. The predicted octanol–water partition coefficient (Wildman–Crippen LogP) is 3.50. The molecule has 3 aromatic rings. The van der Waals surface area contributed by atoms with Crippen LogP contribution in [-0.2, 0) is 17.8 Å². The minimum atomic E-state index is 0.121. The Labute approximate surface area is 194 Å². The number of halogens is 1. The number of benzene rings is 2. The lowest BCUT2D eigenvalue weighted by molar-refractivity contribution is -0.133. The summed E-state index contributed by atoms with van der Waals surface area (Å²) in [5.74, 6) is 2.75. The van der Waals surface area contributed by atoms with E-state index >= 15 is 0 Å². The van der Waals surface area contributed by atoms with Crippen LogP contribution in [0.2, 0.25) is 0 Å². The highest BCUT2D eigenvalue weighted by Gasteiger charge is 2.22. The molecule has 2 aromatic carbocycles. The lowest BCUT2D eigenvalue weighted by atomic mass is 10.1. The standard InChI is InChI=1S/C23H23BrN4O4/c24-18-4-2-17(3-5-18)23-25-21(32-26-23)7-8-22(29)28-11-9-27(10-12-28)14-16-1-6-19-20(13-16)31-15-30-19/h1-6,13H,7-12,14-15H2. The molecular formula is C23H23BrN4O4. The van der Waals surface area contributed by atoms with Crippen molar-refractivity contribution in [1.29, 1.82) is 0 Å². The molecule has 0 radical (unpaired) electrons. The van der Waals surface area contributed by atoms with Gasteiger partial charge in [-0.05, 0) is 42.0 Å². The molecule has 0 bridgehead atoms. The van der Waals surface area contributed by atoms with Crippen molar-refractivity contribution in [2.45, 2.75) is 19.4 Å². The van der Waals surface area contributed by atoms with Crippen LogP contribution < -0.4 is 9.47 Å². The average molecular weight is 499 g/mol. The van der Waals surface area contributed by atoms with Crippen LogP contribution in [-0.4, -0.2) is 58.8 Å². The second-order valence-corrected chi connectivity index (χ2v) is 8.78. The number of aryl methyl sites for hydroxylation is 1. The van der Waals surface area contributed by atoms with E-state index in [1.54, 1.807) is 0 Å². The molecule has 0 aliphatic carbocycles. The van der Waals surface area contributed by atoms with Gasteiger partial charge in [-0.1, -0.05) is 27.2 Å². The second-order valence-electron chi connectivity index (χ2n) is 7.86. The molecular weight excluding hydrogens is 476 g/mol. The molecule has 0 spiro atoms. The number of amides is 1. The van der Waals surface area contributed by atoms with E-state index in [9.17, 15) is 4.79 Å². The number of hydrogen-bond donors (Lipinski definition) is 0. The Kier molecular flexibility index (Phi) is 6.09. The van der Waals surface area contributed by atoms with Crippen molar-refractivity contribution in [2.75, 3.05) is 33.0 Å². The van der Waals surface area contributed by atoms with Gasteiger partial charge >= 0.3 is 0 Å². The van der Waals surface area contributed by atoms with Crippen molar-refractivity contribution in [3.8, 4) is 22.9 Å². The molecule has 0 atom stereocenters. The zero-order valence-corrected chi connectivity index (χ0v) is 19.1. The molecule has 9 heteroatoms. The van der Waals surface area contributed by atoms with E-state index in [0.717, 1.165) is 54.3 Å². The van der Waals surface area contributed by atoms with Crippen LogP contribution in [0, 0.1) is 0 Å². The van der Waals surface area contributed by atoms with Crippen molar-refractivity contribution in [3.05, 3.63) is 58.4 Å². The Morgan fingerprint density at radius 3 is 2.59 bits per heavy atom. The van der Waals surface area contributed by atoms with Gasteiger partial charge in [-0.3, -0.25) is 9.69 Å². The molecule has 0 saturated carbocycles. The molecule has 0 unspecified atom stereocenters. The predicted molar refractivity (Wildman–Crippen MR) is 120 cm³/mol. The van der Waals surface area contributed by atoms with Crippen molar-refractivity contribution in [2.24, 2.45) is 0 Å². The second kappa shape index (κ2) is 9.30. The summed E-state index contributed by atoms with van der Waals surface area (Å²) in [4.78, 5) is 21.4. The van der Waals surface area contributed by atoms with Gasteiger partial charge in [0.1, 0.15) is 0 Å². The molecule has 32 heavy (non-hydrogen) atoms. The third-order valence-electron chi connectivity index (χ3n) is 5.69. The Hall–Kier alpha value is -2.91. The van der Waals surface area contributed by atoms with E-state index in [4.69, 9.17) is 14.0 Å². The number of nitrogens with zero attached hydrogens (tertiary/aromatic N) is 4. The monoisotopic (exact) mass is 498 g/mol. The summed E-state index contributed by atoms with van der Waals surface area (Å²) < 4.78 is 17.2. The number of piperazine rings is 1. The quantitative estimate of drug-likeness (QED) is 0.514. The highest BCUT2D eigenvalue weighted by molar-refractivity contribution is 9.10. The van der Waals surface area contributed by atoms with Gasteiger partial charge in [0.15, 0.2) is 11.5 Å². The van der Waals surface area contributed by atoms with Gasteiger partial charge in [0.05, 0.1) is 0 Å². The molecule has 0 N–H and O–H groups in total. The topological polar surface area (TPSA) is 80.9 Å². The SMILES string of the molecule is O=C(CCc1nc(-c2ccc(Br)cc2)no1)N1CCN(Cc2ccc3c(c2)OCO3)CC1. The highest BCUT2D eigenvalue weighted by atomic mass is 79.9. The lowest BCUT2D eigenvalue weighted by Gasteiger charge is -2.34. The third kappa shape index (κ3) is 4.78. The Morgan fingerprint density at radius 1 is 1.00 bits per heavy atom. The molecule has 8 nitrogen and oxygen atoms in total. The third-order valence-corrected chi connectivity index (χ3v) is 6.22. The number of aromatic nitrogens is 2. The molecule has 2 aliphatic heterocycles. The molecule has 166 valence electrons. The lowest BCUT2D eigenvalue weighted by Crippen LogP contribution is -2.48. The Balaban J connectivity index is 1.08. The first-order valence-corrected chi connectivity index (χ1v) is 11.4. The smallest absolute Gasteiger partial charge is 0.231 e. The van der Waals surface area contributed by atoms with Crippen LogP contribution >= 0.6 is 15.9 Å². The minimum absolute atomic E-state index is 0.121. The van der Waals surface area contributed by atoms with Crippen molar-refractivity contribution >= 4 is 21.8 Å². The van der Waals surface area contributed by atoms with Gasteiger partial charge in [0, 0.05) is 55.6 Å². The summed E-state index contributed by atoms with van der Waals surface area (Å²) in [5.41, 5.74) is 2.07. The first-order valence-electron chi connectivity index (χ1n) is 10.6. The maximum atomic E-state index is 12.7. The highest BCUT2D eigenvalue weighted by Crippen LogP contribution is 2.32. The first-order chi connectivity index (χ1) is 15.6. The van der Waals surface area contributed by atoms with Gasteiger partial charge in [0.2, 0.25) is 24.4 Å². The van der Waals surface area contributed by atoms with Crippen LogP contribution in [0.1, 0.15) is 17.9 Å². The van der Waals surface area contributed by atoms with E-state index in [2.05, 4.69) is 37.0 Å². The maximum absolute atomic E-state index is 12.7. The first kappa shape index (κ1) is 21.0. The largest absolute Gasteiger partial charge is 0.454 e. The van der Waals surface area contributed by atoms with Crippen LogP contribution in [0.25, 0.3) is 11.4 Å². The van der Waals surface area contributed by atoms with E-state index < -0.39 is 0 Å². The number of ether oxygens (including phenoxy) is 2. The number of carbonyl (C=O) groups is 1. The summed E-state index contributed by atoms with van der Waals surface area (Å²) in [6.07, 6.45) is 0.809. The van der Waals surface area contributed by atoms with Gasteiger partial charge in [-0.15, -0.1) is 0 Å². The fourth-order valence-corrected chi connectivity index (χ4v) is 4.16. The fraction of sp³-hybridized carbons (Fsp3) is 0.348. The molecule has 3 heterocycles. The fourth-order valence-electron chi connectivity index (χ4n) is 3.90. The van der Waals surface area contributed by atoms with Crippen LogP contribution in [0.15, 0.2) is 51.5 Å². The Bertz CT molecular complexity index is 1090. The van der Waals surface area contributed by atoms with Gasteiger partial charge in [0.25, 0.3) is 0 Å². The van der Waals surface area contributed by atoms with Gasteiger partial charge in [-0.2, -0.15) is 4.98 Å². The molecule has 1 fully saturated rings. The molecule has 2 aliphatic rings. The number of rotatable bonds is 6. The van der Waals surface area contributed by atoms with Gasteiger partial charge in [-0.25, -0.2) is 0 Å². The van der Waals surface area contributed by atoms with E-state index in [-0.39, 0.29) is 12.7 Å². The van der Waals surface area contributed by atoms with Crippen LogP contribution in [0.3, 0.4) is 0 Å². The zero-order chi connectivity index (χ0) is 21.9. The van der Waals surface area contributed by atoms with Gasteiger partial charge < -0.3 is 18.9 Å². The molecule has 5 rings (SSSR count). The Morgan fingerprint density at radius 2 is 1.78 bits per heavy atom. The maximum Gasteiger partial charge on any atom is 0.231 e. The normalized spacial score (nSPS) is 15.8. The van der Waals surface area contributed by atoms with Crippen molar-refractivity contribution < 1.29 is 18.8 Å². The average Bonchev–Trinajstić information content (AvgIpc) is 3.48. The van der Waals surface area contributed by atoms with E-state index in [1.165, 1.54) is 5.56 Å². The van der Waals surface area contributed by atoms with Crippen LogP contribution in [0.4, 0.5) is 0 Å². The zero-order valence-electron chi connectivity index (χ0n) is 17.5. The molecule has 1 amide bonds. The number of hydrogen-bond acceptors (Lipinski definition) is 7. The summed E-state index contributed by atoms with van der Waals surface area (Å²) in [5, 5.41) is 4.03. The molecule has 1 saturated heterocycles. The molecule has 1 aromatic heterocycles. The summed E-state index contributed by atoms with van der Waals surface area (Å²) in [6.45, 7) is 4.24. The number of fused-ring (bicyclic) bond motifs is 1. The van der Waals surface area contributed by atoms with E-state index in [1.807, 2.05) is 41.3 Å². The minimum Gasteiger partial charge on any atom is -0.454 e. The van der Waals surface area contributed by atoms with Crippen molar-refractivity contribution in [1.82, 2.24) is 19.9 Å². The van der Waals surface area contributed by atoms with Crippen molar-refractivity contribution in [3.63, 3.8) is 0 Å². The summed E-state index contributed by atoms with van der Waals surface area (Å²) >= 11 is 3.41. The number of carbonyl (C=O) groups excluding carboxylic acids is 1.